The second-order valence-corrected chi connectivity index (χ2v) is 6.04. The Kier molecular flexibility index (Phi) is 4.98. The molecule has 0 spiro atoms. The Bertz CT molecular complexity index is 627. The van der Waals surface area contributed by atoms with Gasteiger partial charge in [-0.2, -0.15) is 0 Å². The molecule has 0 unspecified atom stereocenters. The maximum atomic E-state index is 12.2. The number of hydrogen-bond donors (Lipinski definition) is 1. The number of carbonyl (C=O) groups is 2. The van der Waals surface area contributed by atoms with Gasteiger partial charge in [0.25, 0.3) is 5.91 Å². The number of carboxylic acids is 1. The molecule has 0 saturated carbocycles. The highest BCUT2D eigenvalue weighted by molar-refractivity contribution is 8.26. The number of carbonyl (C=O) groups excluding carboxylic acids is 2. The fraction of sp³-hybridized carbons (Fsp3) is 0.214. The number of para-hydroxylation sites is 1. The molecule has 1 amide bonds. The normalized spacial score (nSPS) is 16.8. The Morgan fingerprint density at radius 2 is 2.14 bits per heavy atom. The molecule has 0 aliphatic carbocycles. The van der Waals surface area contributed by atoms with E-state index >= 15 is 0 Å². The number of thioether (sulfide) groups is 1. The molecule has 110 valence electrons. The Morgan fingerprint density at radius 1 is 1.43 bits per heavy atom. The number of thiocarbonyl (C=S) groups is 1. The minimum absolute atomic E-state index is 0.0831. The van der Waals surface area contributed by atoms with E-state index in [4.69, 9.17) is 12.2 Å². The number of aliphatic carboxylic acids is 1. The molecule has 0 radical (unpaired) electrons. The summed E-state index contributed by atoms with van der Waals surface area (Å²) in [5.74, 6) is -1.34. The maximum Gasteiger partial charge on any atom is 0.266 e. The molecule has 1 aliphatic heterocycles. The van der Waals surface area contributed by atoms with Crippen LogP contribution in [0.4, 0.5) is 0 Å². The summed E-state index contributed by atoms with van der Waals surface area (Å²) in [6, 6.07) is 6.68. The minimum atomic E-state index is -1.15. The molecule has 1 saturated heterocycles. The van der Waals surface area contributed by atoms with Crippen LogP contribution < -0.4 is 5.11 Å². The van der Waals surface area contributed by atoms with Crippen molar-refractivity contribution in [3.05, 3.63) is 34.7 Å². The van der Waals surface area contributed by atoms with E-state index in [2.05, 4.69) is 0 Å². The largest absolute Gasteiger partial charge is 0.550 e. The highest BCUT2D eigenvalue weighted by Crippen LogP contribution is 2.34. The number of phenols is 1. The Labute approximate surface area is 131 Å². The molecule has 1 heterocycles. The molecular formula is C14H12NO4S2-. The van der Waals surface area contributed by atoms with E-state index in [-0.39, 0.29) is 24.6 Å². The first-order valence-electron chi connectivity index (χ1n) is 6.22. The van der Waals surface area contributed by atoms with E-state index in [1.807, 2.05) is 0 Å². The van der Waals surface area contributed by atoms with E-state index in [9.17, 15) is 19.8 Å². The predicted octanol–water partition coefficient (Wildman–Crippen LogP) is 1.12. The first-order valence-corrected chi connectivity index (χ1v) is 7.44. The van der Waals surface area contributed by atoms with Crippen LogP contribution in [0.2, 0.25) is 0 Å². The van der Waals surface area contributed by atoms with Crippen LogP contribution in [0.15, 0.2) is 29.2 Å². The zero-order chi connectivity index (χ0) is 15.4. The summed E-state index contributed by atoms with van der Waals surface area (Å²) < 4.78 is 0.389. The molecule has 1 fully saturated rings. The van der Waals surface area contributed by atoms with Crippen molar-refractivity contribution >= 4 is 46.3 Å². The molecule has 5 nitrogen and oxygen atoms in total. The van der Waals surface area contributed by atoms with Gasteiger partial charge in [-0.1, -0.05) is 42.2 Å². The standard InChI is InChI=1S/C14H13NO4S2/c16-10-5-2-1-4-9(10)8-11-13(19)15(14(20)21-11)7-3-6-12(17)18/h1-2,4-5,8,16H,3,6-7H2,(H,17,18)/p-1. The van der Waals surface area contributed by atoms with Gasteiger partial charge in [0.05, 0.1) is 4.91 Å². The lowest BCUT2D eigenvalue weighted by atomic mass is 10.2. The molecule has 1 aromatic carbocycles. The summed E-state index contributed by atoms with van der Waals surface area (Å²) in [5, 5.41) is 20.1. The topological polar surface area (TPSA) is 80.7 Å². The van der Waals surface area contributed by atoms with Gasteiger partial charge in [-0.25, -0.2) is 0 Å². The highest BCUT2D eigenvalue weighted by atomic mass is 32.2. The monoisotopic (exact) mass is 322 g/mol. The van der Waals surface area contributed by atoms with Crippen molar-refractivity contribution in [1.82, 2.24) is 4.90 Å². The molecular weight excluding hydrogens is 310 g/mol. The summed E-state index contributed by atoms with van der Waals surface area (Å²) in [6.07, 6.45) is 1.75. The van der Waals surface area contributed by atoms with Crippen LogP contribution in [0.25, 0.3) is 6.08 Å². The van der Waals surface area contributed by atoms with E-state index in [1.165, 1.54) is 11.0 Å². The van der Waals surface area contributed by atoms with Gasteiger partial charge >= 0.3 is 0 Å². The summed E-state index contributed by atoms with van der Waals surface area (Å²) in [6.45, 7) is 0.247. The van der Waals surface area contributed by atoms with Gasteiger partial charge in [0, 0.05) is 18.1 Å². The summed E-state index contributed by atoms with van der Waals surface area (Å²) in [4.78, 5) is 24.4. The van der Waals surface area contributed by atoms with Gasteiger partial charge in [0.2, 0.25) is 0 Å². The molecule has 0 aromatic heterocycles. The average Bonchev–Trinajstić information content (AvgIpc) is 2.68. The SMILES string of the molecule is O=C([O-])CCCN1C(=O)C(=Cc2ccccc2O)SC1=S. The first kappa shape index (κ1) is 15.5. The van der Waals surface area contributed by atoms with E-state index in [0.29, 0.717) is 21.2 Å². The number of amides is 1. The van der Waals surface area contributed by atoms with Gasteiger partial charge in [0.15, 0.2) is 0 Å². The molecule has 0 atom stereocenters. The number of hydrogen-bond acceptors (Lipinski definition) is 6. The fourth-order valence-electron chi connectivity index (χ4n) is 1.83. The van der Waals surface area contributed by atoms with Crippen LogP contribution in [-0.2, 0) is 9.59 Å². The van der Waals surface area contributed by atoms with Crippen LogP contribution in [0.3, 0.4) is 0 Å². The number of rotatable bonds is 5. The second-order valence-electron chi connectivity index (χ2n) is 4.37. The highest BCUT2D eigenvalue weighted by Gasteiger charge is 2.31. The summed E-state index contributed by atoms with van der Waals surface area (Å²) >= 11 is 6.26. The van der Waals surface area contributed by atoms with Gasteiger partial charge in [-0.05, 0) is 25.0 Å². The molecule has 1 aliphatic rings. The van der Waals surface area contributed by atoms with E-state index in [1.54, 1.807) is 24.3 Å². The molecule has 1 aromatic rings. The molecule has 21 heavy (non-hydrogen) atoms. The van der Waals surface area contributed by atoms with Crippen molar-refractivity contribution < 1.29 is 19.8 Å². The van der Waals surface area contributed by atoms with E-state index < -0.39 is 5.97 Å². The number of nitrogens with zero attached hydrogens (tertiary/aromatic N) is 1. The van der Waals surface area contributed by atoms with Crippen molar-refractivity contribution in [3.8, 4) is 5.75 Å². The number of phenolic OH excluding ortho intramolecular Hbond substituents is 1. The van der Waals surface area contributed by atoms with Crippen molar-refractivity contribution in [2.75, 3.05) is 6.54 Å². The van der Waals surface area contributed by atoms with Crippen molar-refractivity contribution in [3.63, 3.8) is 0 Å². The molecule has 7 heteroatoms. The number of aromatic hydroxyl groups is 1. The summed E-state index contributed by atoms with van der Waals surface area (Å²) in [7, 11) is 0. The van der Waals surface area contributed by atoms with Gasteiger partial charge < -0.3 is 15.0 Å². The smallest absolute Gasteiger partial charge is 0.266 e. The van der Waals surface area contributed by atoms with Gasteiger partial charge in [-0.3, -0.25) is 9.69 Å². The van der Waals surface area contributed by atoms with Gasteiger partial charge in [-0.15, -0.1) is 0 Å². The minimum Gasteiger partial charge on any atom is -0.550 e. The lowest BCUT2D eigenvalue weighted by Crippen LogP contribution is -2.30. The molecule has 0 bridgehead atoms. The third-order valence-electron chi connectivity index (χ3n) is 2.86. The first-order chi connectivity index (χ1) is 9.99. The predicted molar refractivity (Wildman–Crippen MR) is 82.2 cm³/mol. The van der Waals surface area contributed by atoms with Crippen molar-refractivity contribution in [1.29, 1.82) is 0 Å². The third kappa shape index (κ3) is 3.83. The van der Waals surface area contributed by atoms with Crippen LogP contribution >= 0.6 is 24.0 Å². The lowest BCUT2D eigenvalue weighted by Gasteiger charge is -2.14. The zero-order valence-corrected chi connectivity index (χ0v) is 12.6. The Balaban J connectivity index is 2.11. The third-order valence-corrected chi connectivity index (χ3v) is 4.24. The Hall–Kier alpha value is -1.86. The van der Waals surface area contributed by atoms with Crippen molar-refractivity contribution in [2.24, 2.45) is 0 Å². The molecule has 1 N–H and O–H groups in total. The summed E-state index contributed by atoms with van der Waals surface area (Å²) in [5.41, 5.74) is 0.535. The lowest BCUT2D eigenvalue weighted by molar-refractivity contribution is -0.305. The maximum absolute atomic E-state index is 12.2. The Morgan fingerprint density at radius 3 is 2.81 bits per heavy atom. The van der Waals surface area contributed by atoms with Crippen LogP contribution in [0.1, 0.15) is 18.4 Å². The number of benzene rings is 1. The van der Waals surface area contributed by atoms with Gasteiger partial charge in [0.1, 0.15) is 10.1 Å². The fourth-order valence-corrected chi connectivity index (χ4v) is 3.12. The number of carboxylic acid groups (broad SMARTS) is 1. The average molecular weight is 322 g/mol. The van der Waals surface area contributed by atoms with Crippen LogP contribution in [0, 0.1) is 0 Å². The second kappa shape index (κ2) is 6.73. The van der Waals surface area contributed by atoms with E-state index in [0.717, 1.165) is 11.8 Å². The van der Waals surface area contributed by atoms with Crippen LogP contribution in [0.5, 0.6) is 5.75 Å². The van der Waals surface area contributed by atoms with Crippen molar-refractivity contribution in [2.45, 2.75) is 12.8 Å². The zero-order valence-electron chi connectivity index (χ0n) is 10.9. The molecule has 2 rings (SSSR count). The van der Waals surface area contributed by atoms with Crippen LogP contribution in [-0.4, -0.2) is 32.7 Å². The quantitative estimate of drug-likeness (QED) is 0.646.